The molecule has 198 valence electrons. The summed E-state index contributed by atoms with van der Waals surface area (Å²) in [6, 6.07) is 8.59. The fourth-order valence-corrected chi connectivity index (χ4v) is 5.55. The Morgan fingerprint density at radius 2 is 2.03 bits per heavy atom. The van der Waals surface area contributed by atoms with Gasteiger partial charge in [0.1, 0.15) is 24.2 Å². The van der Waals surface area contributed by atoms with E-state index in [4.69, 9.17) is 19.2 Å². The predicted molar refractivity (Wildman–Crippen MR) is 144 cm³/mol. The van der Waals surface area contributed by atoms with E-state index in [1.807, 2.05) is 45.2 Å². The second-order valence-corrected chi connectivity index (χ2v) is 10.7. The molecule has 5 rings (SSSR count). The Kier molecular flexibility index (Phi) is 7.88. The fourth-order valence-electron chi connectivity index (χ4n) is 5.55. The van der Waals surface area contributed by atoms with Crippen LogP contribution in [0.25, 0.3) is 22.6 Å². The molecule has 2 atom stereocenters. The van der Waals surface area contributed by atoms with Gasteiger partial charge >= 0.3 is 0 Å². The van der Waals surface area contributed by atoms with Gasteiger partial charge in [0.15, 0.2) is 5.82 Å². The first-order chi connectivity index (χ1) is 17.9. The van der Waals surface area contributed by atoms with Crippen molar-refractivity contribution in [1.82, 2.24) is 25.3 Å². The van der Waals surface area contributed by atoms with Crippen molar-refractivity contribution in [2.75, 3.05) is 33.3 Å². The lowest BCUT2D eigenvalue weighted by molar-refractivity contribution is 0.108. The molecule has 2 unspecified atom stereocenters. The molecule has 37 heavy (non-hydrogen) atoms. The molecule has 0 spiro atoms. The lowest BCUT2D eigenvalue weighted by Crippen LogP contribution is -2.38. The van der Waals surface area contributed by atoms with Gasteiger partial charge in [-0.05, 0) is 83.7 Å². The summed E-state index contributed by atoms with van der Waals surface area (Å²) in [5.41, 5.74) is 5.76. The highest BCUT2D eigenvalue weighted by molar-refractivity contribution is 5.71. The summed E-state index contributed by atoms with van der Waals surface area (Å²) in [6.07, 6.45) is 5.65. The van der Waals surface area contributed by atoms with E-state index in [1.165, 1.54) is 32.2 Å². The third-order valence-corrected chi connectivity index (χ3v) is 7.88. The zero-order chi connectivity index (χ0) is 25.9. The molecule has 0 bridgehead atoms. The zero-order valence-corrected chi connectivity index (χ0v) is 22.5. The molecule has 2 N–H and O–H groups in total. The number of benzene rings is 1. The minimum atomic E-state index is -0.576. The number of aliphatic hydroxyl groups is 1. The van der Waals surface area contributed by atoms with Gasteiger partial charge in [-0.15, -0.1) is 0 Å². The minimum absolute atomic E-state index is 0.216. The number of hydrogen-bond donors (Lipinski definition) is 2. The van der Waals surface area contributed by atoms with Gasteiger partial charge in [-0.3, -0.25) is 0 Å². The number of aliphatic hydroxyl groups excluding tert-OH is 1. The topological polar surface area (TPSA) is 96.5 Å². The van der Waals surface area contributed by atoms with Crippen LogP contribution in [-0.4, -0.2) is 70.6 Å². The molecule has 8 heteroatoms. The van der Waals surface area contributed by atoms with E-state index in [2.05, 4.69) is 22.3 Å². The molecular formula is C29H39N5O3. The van der Waals surface area contributed by atoms with Gasteiger partial charge in [0.05, 0.1) is 17.0 Å². The van der Waals surface area contributed by atoms with Crippen LogP contribution in [0.1, 0.15) is 48.4 Å². The van der Waals surface area contributed by atoms with Crippen LogP contribution in [0.2, 0.25) is 0 Å². The van der Waals surface area contributed by atoms with E-state index >= 15 is 0 Å². The number of nitrogens with zero attached hydrogens (tertiary/aromatic N) is 4. The maximum absolute atomic E-state index is 10.0. The van der Waals surface area contributed by atoms with Gasteiger partial charge in [-0.2, -0.15) is 0 Å². The van der Waals surface area contributed by atoms with Gasteiger partial charge < -0.3 is 24.6 Å². The van der Waals surface area contributed by atoms with Crippen molar-refractivity contribution in [2.45, 2.75) is 65.0 Å². The molecule has 0 amide bonds. The number of aryl methyl sites for hydroxylation is 2. The zero-order valence-electron chi connectivity index (χ0n) is 22.5. The molecule has 1 saturated heterocycles. The quantitative estimate of drug-likeness (QED) is 0.425. The molecule has 8 nitrogen and oxygen atoms in total. The average Bonchev–Trinajstić information content (AvgIpc) is 3.44. The van der Waals surface area contributed by atoms with Crippen LogP contribution in [0, 0.1) is 26.7 Å². The molecule has 1 aliphatic carbocycles. The third-order valence-electron chi connectivity index (χ3n) is 7.88. The molecule has 2 aliphatic rings. The first kappa shape index (κ1) is 25.8. The number of likely N-dealkylation sites (tertiary alicyclic amines) is 1. The molecular weight excluding hydrogens is 466 g/mol. The van der Waals surface area contributed by atoms with Crippen molar-refractivity contribution in [1.29, 1.82) is 0 Å². The highest BCUT2D eigenvalue weighted by atomic mass is 16.5. The van der Waals surface area contributed by atoms with Crippen LogP contribution < -0.4 is 10.1 Å². The fraction of sp³-hybridized carbons (Fsp3) is 0.552. The molecule has 2 fully saturated rings. The van der Waals surface area contributed by atoms with E-state index in [9.17, 15) is 5.11 Å². The van der Waals surface area contributed by atoms with Crippen molar-refractivity contribution < 1.29 is 14.4 Å². The Balaban J connectivity index is 1.46. The number of ether oxygens (including phenoxy) is 1. The van der Waals surface area contributed by atoms with Crippen LogP contribution in [0.4, 0.5) is 0 Å². The van der Waals surface area contributed by atoms with Gasteiger partial charge in [0.2, 0.25) is 0 Å². The maximum atomic E-state index is 10.0. The van der Waals surface area contributed by atoms with Gasteiger partial charge in [-0.25, -0.2) is 9.97 Å². The van der Waals surface area contributed by atoms with Crippen molar-refractivity contribution in [3.8, 4) is 28.4 Å². The third kappa shape index (κ3) is 5.71. The summed E-state index contributed by atoms with van der Waals surface area (Å²) in [6.45, 7) is 9.07. The summed E-state index contributed by atoms with van der Waals surface area (Å²) in [5, 5.41) is 17.2. The molecule has 1 aliphatic heterocycles. The second-order valence-electron chi connectivity index (χ2n) is 10.7. The largest absolute Gasteiger partial charge is 0.491 e. The van der Waals surface area contributed by atoms with Gasteiger partial charge in [-0.1, -0.05) is 23.7 Å². The second kappa shape index (κ2) is 11.3. The Bertz CT molecular complexity index is 1200. The summed E-state index contributed by atoms with van der Waals surface area (Å²) >= 11 is 0. The monoisotopic (exact) mass is 505 g/mol. The number of likely N-dealkylation sites (N-methyl/N-ethyl adjacent to an activating group) is 1. The molecule has 1 saturated carbocycles. The summed E-state index contributed by atoms with van der Waals surface area (Å²) in [5.74, 6) is 2.72. The Labute approximate surface area is 219 Å². The van der Waals surface area contributed by atoms with E-state index in [1.54, 1.807) is 0 Å². The van der Waals surface area contributed by atoms with E-state index < -0.39 is 6.10 Å². The average molecular weight is 506 g/mol. The molecule has 1 aromatic carbocycles. The van der Waals surface area contributed by atoms with Crippen LogP contribution in [0.15, 0.2) is 28.8 Å². The lowest BCUT2D eigenvalue weighted by atomic mass is 9.91. The first-order valence-electron chi connectivity index (χ1n) is 13.5. The highest BCUT2D eigenvalue weighted by Gasteiger charge is 2.32. The van der Waals surface area contributed by atoms with Gasteiger partial charge in [0.25, 0.3) is 0 Å². The maximum Gasteiger partial charge on any atom is 0.160 e. The Morgan fingerprint density at radius 1 is 1.19 bits per heavy atom. The van der Waals surface area contributed by atoms with E-state index in [0.717, 1.165) is 58.5 Å². The summed E-state index contributed by atoms with van der Waals surface area (Å²) in [4.78, 5) is 12.8. The van der Waals surface area contributed by atoms with Crippen LogP contribution in [0.5, 0.6) is 5.75 Å². The van der Waals surface area contributed by atoms with Crippen molar-refractivity contribution >= 4 is 0 Å². The summed E-state index contributed by atoms with van der Waals surface area (Å²) < 4.78 is 11.4. The molecule has 3 aromatic rings. The Morgan fingerprint density at radius 3 is 2.73 bits per heavy atom. The smallest absolute Gasteiger partial charge is 0.160 e. The number of nitrogens with one attached hydrogen (secondary N) is 1. The molecule has 3 heterocycles. The summed E-state index contributed by atoms with van der Waals surface area (Å²) in [7, 11) is 1.81. The molecule has 0 radical (unpaired) electrons. The SMILES string of the molecule is CNCC(O)COc1cccc(-c2nc(CC3CCN(C4CCC4)C3)c(C)c(-c3c(C)noc3C)n2)c1. The number of hydrogen-bond acceptors (Lipinski definition) is 8. The lowest BCUT2D eigenvalue weighted by Gasteiger charge is -2.34. The number of aromatic nitrogens is 3. The first-order valence-corrected chi connectivity index (χ1v) is 13.5. The van der Waals surface area contributed by atoms with Crippen LogP contribution >= 0.6 is 0 Å². The van der Waals surface area contributed by atoms with Crippen LogP contribution in [-0.2, 0) is 6.42 Å². The minimum Gasteiger partial charge on any atom is -0.491 e. The normalized spacial score (nSPS) is 19.2. The Hall–Kier alpha value is -2.81. The van der Waals surface area contributed by atoms with Crippen molar-refractivity contribution in [2.24, 2.45) is 5.92 Å². The van der Waals surface area contributed by atoms with E-state index in [-0.39, 0.29) is 6.61 Å². The van der Waals surface area contributed by atoms with E-state index in [0.29, 0.717) is 24.0 Å². The number of rotatable bonds is 10. The van der Waals surface area contributed by atoms with Crippen LogP contribution in [0.3, 0.4) is 0 Å². The van der Waals surface area contributed by atoms with Crippen molar-refractivity contribution in [3.63, 3.8) is 0 Å². The molecule has 2 aromatic heterocycles. The standard InChI is InChI=1S/C29H39N5O3/c1-18-26(13-21-11-12-34(16-21)23-8-6-9-23)31-29(32-28(18)27-19(2)33-37-20(27)3)22-7-5-10-25(14-22)36-17-24(35)15-30-4/h5,7,10,14,21,23-24,30,35H,6,8-9,11-13,15-17H2,1-4H3. The highest BCUT2D eigenvalue weighted by Crippen LogP contribution is 2.35. The van der Waals surface area contributed by atoms with Gasteiger partial charge in [0, 0.05) is 30.4 Å². The van der Waals surface area contributed by atoms with Crippen molar-refractivity contribution in [3.05, 3.63) is 47.0 Å². The predicted octanol–water partition coefficient (Wildman–Crippen LogP) is 4.10.